The molecule has 0 bridgehead atoms. The number of hydrogen-bond acceptors (Lipinski definition) is 3. The molecular formula is C22H22F2N2OS. The normalized spacial score (nSPS) is 11.2. The van der Waals surface area contributed by atoms with Crippen molar-refractivity contribution in [1.29, 1.82) is 0 Å². The molecule has 0 aliphatic heterocycles. The highest BCUT2D eigenvalue weighted by atomic mass is 32.2. The summed E-state index contributed by atoms with van der Waals surface area (Å²) in [5, 5.41) is 0.440. The molecule has 3 nitrogen and oxygen atoms in total. The molecule has 0 spiro atoms. The number of H-pyrrole nitrogens is 1. The van der Waals surface area contributed by atoms with Gasteiger partial charge in [-0.3, -0.25) is 4.79 Å². The van der Waals surface area contributed by atoms with E-state index in [1.807, 2.05) is 0 Å². The second-order valence-electron chi connectivity index (χ2n) is 7.00. The highest BCUT2D eigenvalue weighted by Gasteiger charge is 2.14. The van der Waals surface area contributed by atoms with E-state index in [9.17, 15) is 13.6 Å². The number of rotatable bonds is 6. The van der Waals surface area contributed by atoms with Crippen LogP contribution >= 0.6 is 11.8 Å². The van der Waals surface area contributed by atoms with Gasteiger partial charge >= 0.3 is 0 Å². The van der Waals surface area contributed by atoms with Gasteiger partial charge in [-0.2, -0.15) is 0 Å². The topological polar surface area (TPSA) is 45.8 Å². The number of thioether (sulfide) groups is 1. The second-order valence-corrected chi connectivity index (χ2v) is 7.97. The van der Waals surface area contributed by atoms with Crippen molar-refractivity contribution in [2.24, 2.45) is 0 Å². The Morgan fingerprint density at radius 2 is 1.71 bits per heavy atom. The van der Waals surface area contributed by atoms with Gasteiger partial charge in [-0.05, 0) is 36.1 Å². The summed E-state index contributed by atoms with van der Waals surface area (Å²) in [4.78, 5) is 19.4. The molecule has 0 aliphatic carbocycles. The minimum Gasteiger partial charge on any atom is -0.301 e. The summed E-state index contributed by atoms with van der Waals surface area (Å²) >= 11 is 1.39. The number of nitrogens with zero attached hydrogens (tertiary/aromatic N) is 1. The minimum atomic E-state index is -0.638. The van der Waals surface area contributed by atoms with Crippen LogP contribution in [-0.2, 0) is 12.2 Å². The first-order valence-electron chi connectivity index (χ1n) is 9.09. The van der Waals surface area contributed by atoms with Crippen LogP contribution in [0.2, 0.25) is 0 Å². The van der Waals surface area contributed by atoms with Gasteiger partial charge in [0.05, 0.1) is 5.69 Å². The van der Waals surface area contributed by atoms with Crippen molar-refractivity contribution in [1.82, 2.24) is 9.97 Å². The maximum atomic E-state index is 14.0. The van der Waals surface area contributed by atoms with Gasteiger partial charge in [0.15, 0.2) is 5.16 Å². The van der Waals surface area contributed by atoms with E-state index in [4.69, 9.17) is 0 Å². The van der Waals surface area contributed by atoms with Crippen molar-refractivity contribution in [2.45, 2.75) is 44.0 Å². The third kappa shape index (κ3) is 4.68. The summed E-state index contributed by atoms with van der Waals surface area (Å²) in [7, 11) is 0. The molecule has 2 aromatic carbocycles. The van der Waals surface area contributed by atoms with Crippen molar-refractivity contribution in [3.05, 3.63) is 92.4 Å². The molecule has 1 N–H and O–H groups in total. The van der Waals surface area contributed by atoms with Gasteiger partial charge in [-0.25, -0.2) is 13.8 Å². The fourth-order valence-electron chi connectivity index (χ4n) is 2.82. The standard InChI is InChI=1S/C22H22F2N2OS/c1-13(2)16-9-7-15(8-10-16)12-28-22-25-20(14(3)21(27)26-22)11-17-18(23)5-4-6-19(17)24/h4-10,13H,11-12H2,1-3H3,(H,25,26,27). The Morgan fingerprint density at radius 1 is 1.07 bits per heavy atom. The zero-order chi connectivity index (χ0) is 20.3. The lowest BCUT2D eigenvalue weighted by Gasteiger charge is -2.10. The molecule has 0 saturated heterocycles. The monoisotopic (exact) mass is 400 g/mol. The summed E-state index contributed by atoms with van der Waals surface area (Å²) < 4.78 is 27.9. The predicted octanol–water partition coefficient (Wildman–Crippen LogP) is 5.36. The Bertz CT molecular complexity index is 1010. The number of hydrogen-bond donors (Lipinski definition) is 1. The Balaban J connectivity index is 1.80. The third-order valence-corrected chi connectivity index (χ3v) is 5.60. The average Bonchev–Trinajstić information content (AvgIpc) is 2.67. The lowest BCUT2D eigenvalue weighted by Crippen LogP contribution is -2.16. The van der Waals surface area contributed by atoms with Crippen LogP contribution in [0.5, 0.6) is 0 Å². The first kappa shape index (κ1) is 20.3. The highest BCUT2D eigenvalue weighted by Crippen LogP contribution is 2.23. The molecular weight excluding hydrogens is 378 g/mol. The van der Waals surface area contributed by atoms with E-state index in [-0.39, 0.29) is 17.5 Å². The summed E-state index contributed by atoms with van der Waals surface area (Å²) in [6, 6.07) is 12.0. The third-order valence-electron chi connectivity index (χ3n) is 4.66. The molecule has 1 aromatic heterocycles. The summed E-state index contributed by atoms with van der Waals surface area (Å²) in [6.07, 6.45) is -0.0646. The number of benzene rings is 2. The van der Waals surface area contributed by atoms with Crippen molar-refractivity contribution in [3.8, 4) is 0 Å². The number of nitrogens with one attached hydrogen (secondary N) is 1. The Kier molecular flexibility index (Phi) is 6.29. The Morgan fingerprint density at radius 3 is 2.32 bits per heavy atom. The quantitative estimate of drug-likeness (QED) is 0.447. The van der Waals surface area contributed by atoms with Crippen molar-refractivity contribution in [2.75, 3.05) is 0 Å². The van der Waals surface area contributed by atoms with Gasteiger partial charge in [0.1, 0.15) is 11.6 Å². The summed E-state index contributed by atoms with van der Waals surface area (Å²) in [6.45, 7) is 5.90. The SMILES string of the molecule is Cc1c(Cc2c(F)cccc2F)nc(SCc2ccc(C(C)C)cc2)[nH]c1=O. The van der Waals surface area contributed by atoms with E-state index in [0.717, 1.165) is 5.56 Å². The lowest BCUT2D eigenvalue weighted by atomic mass is 10.0. The Hall–Kier alpha value is -2.47. The molecule has 0 saturated carbocycles. The summed E-state index contributed by atoms with van der Waals surface area (Å²) in [5.41, 5.74) is 2.76. The van der Waals surface area contributed by atoms with Gasteiger partial charge < -0.3 is 4.98 Å². The van der Waals surface area contributed by atoms with Gasteiger partial charge in [0.25, 0.3) is 5.56 Å². The molecule has 3 aromatic rings. The molecule has 3 rings (SSSR count). The molecule has 0 atom stereocenters. The van der Waals surface area contributed by atoms with Gasteiger partial charge in [-0.1, -0.05) is 55.9 Å². The second kappa shape index (κ2) is 8.69. The first-order valence-corrected chi connectivity index (χ1v) is 10.1. The van der Waals surface area contributed by atoms with Crippen LogP contribution in [0.25, 0.3) is 0 Å². The van der Waals surface area contributed by atoms with Crippen LogP contribution in [0.4, 0.5) is 8.78 Å². The molecule has 146 valence electrons. The largest absolute Gasteiger partial charge is 0.301 e. The maximum Gasteiger partial charge on any atom is 0.254 e. The molecule has 0 fully saturated rings. The molecule has 0 aliphatic rings. The van der Waals surface area contributed by atoms with Gasteiger partial charge in [0.2, 0.25) is 0 Å². The molecule has 28 heavy (non-hydrogen) atoms. The van der Waals surface area contributed by atoms with E-state index in [1.165, 1.54) is 35.5 Å². The molecule has 1 heterocycles. The number of halogens is 2. The van der Waals surface area contributed by atoms with E-state index < -0.39 is 11.6 Å². The zero-order valence-electron chi connectivity index (χ0n) is 16.1. The van der Waals surface area contributed by atoms with Crippen molar-refractivity contribution < 1.29 is 8.78 Å². The zero-order valence-corrected chi connectivity index (χ0v) is 16.9. The van der Waals surface area contributed by atoms with E-state index in [1.54, 1.807) is 6.92 Å². The smallest absolute Gasteiger partial charge is 0.254 e. The van der Waals surface area contributed by atoms with Crippen LogP contribution in [-0.4, -0.2) is 9.97 Å². The fourth-order valence-corrected chi connectivity index (χ4v) is 3.65. The minimum absolute atomic E-state index is 0.0646. The maximum absolute atomic E-state index is 14.0. The van der Waals surface area contributed by atoms with Crippen LogP contribution in [0.1, 0.15) is 47.7 Å². The predicted molar refractivity (Wildman–Crippen MR) is 109 cm³/mol. The van der Waals surface area contributed by atoms with Gasteiger partial charge in [-0.15, -0.1) is 0 Å². The fraction of sp³-hybridized carbons (Fsp3) is 0.273. The van der Waals surface area contributed by atoms with E-state index >= 15 is 0 Å². The molecule has 0 amide bonds. The van der Waals surface area contributed by atoms with E-state index in [2.05, 4.69) is 48.1 Å². The van der Waals surface area contributed by atoms with Crippen molar-refractivity contribution >= 4 is 11.8 Å². The highest BCUT2D eigenvalue weighted by molar-refractivity contribution is 7.98. The van der Waals surface area contributed by atoms with Crippen LogP contribution < -0.4 is 5.56 Å². The van der Waals surface area contributed by atoms with E-state index in [0.29, 0.717) is 28.1 Å². The number of aromatic amines is 1. The van der Waals surface area contributed by atoms with Crippen LogP contribution in [0, 0.1) is 18.6 Å². The first-order chi connectivity index (χ1) is 13.3. The molecule has 0 unspecified atom stereocenters. The Labute approximate surface area is 167 Å². The van der Waals surface area contributed by atoms with Crippen LogP contribution in [0.15, 0.2) is 52.4 Å². The molecule has 0 radical (unpaired) electrons. The van der Waals surface area contributed by atoms with Gasteiger partial charge in [0, 0.05) is 23.3 Å². The van der Waals surface area contributed by atoms with Crippen molar-refractivity contribution in [3.63, 3.8) is 0 Å². The average molecular weight is 400 g/mol. The summed E-state index contributed by atoms with van der Waals surface area (Å²) in [5.74, 6) is -0.169. The lowest BCUT2D eigenvalue weighted by molar-refractivity contribution is 0.559. The molecule has 6 heteroatoms. The number of aromatic nitrogens is 2. The van der Waals surface area contributed by atoms with Crippen LogP contribution in [0.3, 0.4) is 0 Å².